The van der Waals surface area contributed by atoms with Crippen LogP contribution in [-0.2, 0) is 5.54 Å². The van der Waals surface area contributed by atoms with E-state index in [0.717, 1.165) is 11.3 Å². The van der Waals surface area contributed by atoms with Crippen LogP contribution in [0.4, 0.5) is 4.79 Å². The molecular weight excluding hydrogens is 230 g/mol. The summed E-state index contributed by atoms with van der Waals surface area (Å²) in [6.45, 7) is 3.02. The van der Waals surface area contributed by atoms with E-state index >= 15 is 0 Å². The van der Waals surface area contributed by atoms with Crippen molar-refractivity contribution in [3.8, 4) is 5.75 Å². The third-order valence-corrected chi connectivity index (χ3v) is 3.72. The summed E-state index contributed by atoms with van der Waals surface area (Å²) in [5.74, 6) is 1.02. The number of carbonyl (C=O) groups excluding carboxylic acids is 1. The zero-order chi connectivity index (χ0) is 12.8. The molecule has 1 aromatic rings. The van der Waals surface area contributed by atoms with Crippen molar-refractivity contribution in [2.45, 2.75) is 18.9 Å². The van der Waals surface area contributed by atoms with Gasteiger partial charge in [-0.15, -0.1) is 0 Å². The Morgan fingerprint density at radius 3 is 3.06 bits per heavy atom. The first-order valence-corrected chi connectivity index (χ1v) is 6.10. The Labute approximate surface area is 105 Å². The van der Waals surface area contributed by atoms with E-state index in [0.29, 0.717) is 19.6 Å². The lowest BCUT2D eigenvalue weighted by atomic mass is 9.83. The van der Waals surface area contributed by atoms with Crippen molar-refractivity contribution in [2.75, 3.05) is 13.2 Å². The largest absolute Gasteiger partial charge is 0.493 e. The van der Waals surface area contributed by atoms with E-state index in [1.165, 1.54) is 0 Å². The fraction of sp³-hybridized carbons (Fsp3) is 0.385. The van der Waals surface area contributed by atoms with Gasteiger partial charge in [0.2, 0.25) is 0 Å². The molecule has 0 bridgehead atoms. The van der Waals surface area contributed by atoms with Crippen LogP contribution in [0.2, 0.25) is 0 Å². The Morgan fingerprint density at radius 1 is 1.50 bits per heavy atom. The van der Waals surface area contributed by atoms with Gasteiger partial charge in [0, 0.05) is 18.5 Å². The summed E-state index contributed by atoms with van der Waals surface area (Å²) in [5.41, 5.74) is 0.238. The first-order chi connectivity index (χ1) is 8.70. The van der Waals surface area contributed by atoms with Gasteiger partial charge in [0.05, 0.1) is 6.61 Å². The van der Waals surface area contributed by atoms with Crippen LogP contribution in [0.15, 0.2) is 24.3 Å². The third kappa shape index (κ3) is 1.21. The van der Waals surface area contributed by atoms with Crippen LogP contribution >= 0.6 is 0 Å². The number of carbonyl (C=O) groups is 1. The maximum absolute atomic E-state index is 11.9. The Bertz CT molecular complexity index is 529. The monoisotopic (exact) mass is 245 g/mol. The minimum atomic E-state index is -0.666. The average Bonchev–Trinajstić information content (AvgIpc) is 2.62. The molecule has 1 spiro atoms. The molecule has 0 radical (unpaired) electrons. The van der Waals surface area contributed by atoms with Crippen molar-refractivity contribution in [3.63, 3.8) is 0 Å². The molecule has 1 unspecified atom stereocenters. The molecule has 5 heteroatoms. The normalized spacial score (nSPS) is 25.9. The molecule has 2 aliphatic rings. The Morgan fingerprint density at radius 2 is 2.28 bits per heavy atom. The number of para-hydroxylation sites is 1. The van der Waals surface area contributed by atoms with Gasteiger partial charge in [0.15, 0.2) is 0 Å². The maximum atomic E-state index is 11.9. The van der Waals surface area contributed by atoms with E-state index in [-0.39, 0.29) is 11.9 Å². The summed E-state index contributed by atoms with van der Waals surface area (Å²) in [7, 11) is 0. The van der Waals surface area contributed by atoms with Crippen LogP contribution in [0.25, 0.3) is 0 Å². The number of hydrogen-bond acceptors (Lipinski definition) is 3. The summed E-state index contributed by atoms with van der Waals surface area (Å²) in [6, 6.07) is 7.45. The van der Waals surface area contributed by atoms with E-state index in [2.05, 4.69) is 5.32 Å². The van der Waals surface area contributed by atoms with Gasteiger partial charge in [-0.05, 0) is 13.0 Å². The van der Waals surface area contributed by atoms with Crippen LogP contribution in [0.5, 0.6) is 5.75 Å². The predicted octanol–water partition coefficient (Wildman–Crippen LogP) is 1.69. The standard InChI is InChI=1S/C13H15N3O2/c1-2-16-12(17)15-11(14)13(16)7-8-18-10-6-4-3-5-9(10)13/h3-6H,2,7-8H2,1H3,(H2,14,15,17). The summed E-state index contributed by atoms with van der Waals surface area (Å²) in [4.78, 5) is 13.7. The number of amidine groups is 1. The molecular formula is C13H15N3O2. The number of ether oxygens (including phenoxy) is 1. The van der Waals surface area contributed by atoms with Crippen LogP contribution in [-0.4, -0.2) is 29.9 Å². The van der Waals surface area contributed by atoms with Gasteiger partial charge in [0.1, 0.15) is 17.1 Å². The molecule has 1 saturated heterocycles. The summed E-state index contributed by atoms with van der Waals surface area (Å²) in [6.07, 6.45) is 0.620. The first kappa shape index (κ1) is 11.1. The number of fused-ring (bicyclic) bond motifs is 2. The molecule has 2 N–H and O–H groups in total. The molecule has 2 heterocycles. The molecule has 1 aromatic carbocycles. The second-order valence-electron chi connectivity index (χ2n) is 4.50. The zero-order valence-corrected chi connectivity index (χ0v) is 10.2. The minimum absolute atomic E-state index is 0.195. The van der Waals surface area contributed by atoms with Crippen molar-refractivity contribution in [3.05, 3.63) is 29.8 Å². The lowest BCUT2D eigenvalue weighted by Crippen LogP contribution is -2.49. The quantitative estimate of drug-likeness (QED) is 0.790. The molecule has 0 aromatic heterocycles. The van der Waals surface area contributed by atoms with E-state index in [4.69, 9.17) is 10.1 Å². The Hall–Kier alpha value is -2.04. The Balaban J connectivity index is 2.21. The van der Waals surface area contributed by atoms with Gasteiger partial charge in [-0.1, -0.05) is 18.2 Å². The first-order valence-electron chi connectivity index (χ1n) is 6.10. The van der Waals surface area contributed by atoms with Gasteiger partial charge < -0.3 is 9.64 Å². The average molecular weight is 245 g/mol. The number of nitrogens with zero attached hydrogens (tertiary/aromatic N) is 1. The highest BCUT2D eigenvalue weighted by Crippen LogP contribution is 2.43. The zero-order valence-electron chi connectivity index (χ0n) is 10.2. The number of nitrogens with one attached hydrogen (secondary N) is 2. The minimum Gasteiger partial charge on any atom is -0.493 e. The second kappa shape index (κ2) is 3.73. The molecule has 94 valence electrons. The number of rotatable bonds is 1. The Kier molecular flexibility index (Phi) is 2.29. The highest BCUT2D eigenvalue weighted by molar-refractivity contribution is 6.09. The summed E-state index contributed by atoms with van der Waals surface area (Å²) in [5, 5.41) is 10.8. The lowest BCUT2D eigenvalue weighted by molar-refractivity contribution is 0.136. The smallest absolute Gasteiger partial charge is 0.323 e. The third-order valence-electron chi connectivity index (χ3n) is 3.72. The number of urea groups is 1. The molecule has 1 atom stereocenters. The van der Waals surface area contributed by atoms with Crippen molar-refractivity contribution >= 4 is 11.9 Å². The predicted molar refractivity (Wildman–Crippen MR) is 66.9 cm³/mol. The molecule has 0 aliphatic carbocycles. The maximum Gasteiger partial charge on any atom is 0.323 e. The molecule has 2 amide bonds. The van der Waals surface area contributed by atoms with Gasteiger partial charge in [0.25, 0.3) is 0 Å². The van der Waals surface area contributed by atoms with Crippen LogP contribution < -0.4 is 10.1 Å². The summed E-state index contributed by atoms with van der Waals surface area (Å²) < 4.78 is 5.62. The van der Waals surface area contributed by atoms with Crippen molar-refractivity contribution in [1.29, 1.82) is 5.41 Å². The van der Waals surface area contributed by atoms with E-state index in [9.17, 15) is 4.79 Å². The van der Waals surface area contributed by atoms with Crippen molar-refractivity contribution < 1.29 is 9.53 Å². The number of hydrogen-bond donors (Lipinski definition) is 2. The van der Waals surface area contributed by atoms with Crippen molar-refractivity contribution in [2.24, 2.45) is 0 Å². The lowest BCUT2D eigenvalue weighted by Gasteiger charge is -2.40. The molecule has 1 fully saturated rings. The molecule has 5 nitrogen and oxygen atoms in total. The van der Waals surface area contributed by atoms with Crippen LogP contribution in [0.1, 0.15) is 18.9 Å². The SMILES string of the molecule is CCN1C(=O)NC(=N)C12CCOc1ccccc12. The van der Waals surface area contributed by atoms with Crippen LogP contribution in [0.3, 0.4) is 0 Å². The molecule has 0 saturated carbocycles. The van der Waals surface area contributed by atoms with Gasteiger partial charge >= 0.3 is 6.03 Å². The molecule has 2 aliphatic heterocycles. The van der Waals surface area contributed by atoms with Crippen LogP contribution in [0, 0.1) is 5.41 Å². The number of benzene rings is 1. The van der Waals surface area contributed by atoms with Gasteiger partial charge in [-0.25, -0.2) is 4.79 Å². The highest BCUT2D eigenvalue weighted by atomic mass is 16.5. The van der Waals surface area contributed by atoms with E-state index < -0.39 is 5.54 Å². The van der Waals surface area contributed by atoms with E-state index in [1.54, 1.807) is 4.90 Å². The van der Waals surface area contributed by atoms with Gasteiger partial charge in [-0.2, -0.15) is 0 Å². The number of likely N-dealkylation sites (N-methyl/N-ethyl adjacent to an activating group) is 1. The molecule has 18 heavy (non-hydrogen) atoms. The van der Waals surface area contributed by atoms with Gasteiger partial charge in [-0.3, -0.25) is 10.7 Å². The fourth-order valence-corrected chi connectivity index (χ4v) is 2.92. The second-order valence-corrected chi connectivity index (χ2v) is 4.50. The highest BCUT2D eigenvalue weighted by Gasteiger charge is 2.53. The fourth-order valence-electron chi connectivity index (χ4n) is 2.92. The van der Waals surface area contributed by atoms with E-state index in [1.807, 2.05) is 31.2 Å². The van der Waals surface area contributed by atoms with Crippen molar-refractivity contribution in [1.82, 2.24) is 10.2 Å². The molecule has 3 rings (SSSR count). The summed E-state index contributed by atoms with van der Waals surface area (Å²) >= 11 is 0. The number of amides is 2. The topological polar surface area (TPSA) is 65.4 Å².